The van der Waals surface area contributed by atoms with Gasteiger partial charge in [-0.15, -0.1) is 0 Å². The summed E-state index contributed by atoms with van der Waals surface area (Å²) in [5, 5.41) is 11.5. The van der Waals surface area contributed by atoms with Crippen molar-refractivity contribution in [3.05, 3.63) is 75.1 Å². The second-order valence-corrected chi connectivity index (χ2v) is 7.78. The van der Waals surface area contributed by atoms with Crippen molar-refractivity contribution in [3.63, 3.8) is 0 Å². The zero-order valence-electron chi connectivity index (χ0n) is 14.4. The minimum atomic E-state index is -4.40. The molecule has 7 heteroatoms. The Bertz CT molecular complexity index is 1150. The van der Waals surface area contributed by atoms with Crippen LogP contribution in [0.2, 0.25) is 0 Å². The van der Waals surface area contributed by atoms with Crippen molar-refractivity contribution in [2.24, 2.45) is 0 Å². The van der Waals surface area contributed by atoms with Gasteiger partial charge in [0, 0.05) is 23.4 Å². The van der Waals surface area contributed by atoms with Crippen LogP contribution in [0.15, 0.2) is 52.2 Å². The molecule has 0 saturated carbocycles. The third-order valence-corrected chi connectivity index (χ3v) is 5.37. The quantitative estimate of drug-likeness (QED) is 0.610. The predicted molar refractivity (Wildman–Crippen MR) is 99.0 cm³/mol. The maximum atomic E-state index is 11.7. The van der Waals surface area contributed by atoms with Crippen molar-refractivity contribution in [2.45, 2.75) is 31.3 Å². The SMILES string of the molecule is Cc1ccc(S(=O)(=O)O)c(CC(O)c2ccc(C)c3ccc(=O)[nH]c23)c1. The van der Waals surface area contributed by atoms with E-state index in [4.69, 9.17) is 0 Å². The van der Waals surface area contributed by atoms with Gasteiger partial charge in [-0.3, -0.25) is 9.35 Å². The van der Waals surface area contributed by atoms with E-state index in [1.807, 2.05) is 13.0 Å². The summed E-state index contributed by atoms with van der Waals surface area (Å²) in [6.45, 7) is 3.69. The zero-order chi connectivity index (χ0) is 19.1. The summed E-state index contributed by atoms with van der Waals surface area (Å²) >= 11 is 0. The number of aromatic nitrogens is 1. The molecule has 0 bridgehead atoms. The van der Waals surface area contributed by atoms with Crippen LogP contribution in [0.3, 0.4) is 0 Å². The molecular weight excluding hydrogens is 354 g/mol. The van der Waals surface area contributed by atoms with Gasteiger partial charge in [-0.05, 0) is 37.1 Å². The van der Waals surface area contributed by atoms with E-state index in [9.17, 15) is 22.9 Å². The van der Waals surface area contributed by atoms with Crippen molar-refractivity contribution in [1.29, 1.82) is 0 Å². The Labute approximate surface area is 150 Å². The van der Waals surface area contributed by atoms with Crippen molar-refractivity contribution < 1.29 is 18.1 Å². The normalized spacial score (nSPS) is 13.1. The lowest BCUT2D eigenvalue weighted by atomic mass is 9.96. The van der Waals surface area contributed by atoms with E-state index < -0.39 is 16.2 Å². The fourth-order valence-corrected chi connectivity index (χ4v) is 3.85. The second-order valence-electron chi connectivity index (χ2n) is 6.39. The maximum Gasteiger partial charge on any atom is 0.294 e. The van der Waals surface area contributed by atoms with Crippen LogP contribution in [0.25, 0.3) is 10.9 Å². The summed E-state index contributed by atoms with van der Waals surface area (Å²) in [5.74, 6) is 0. The molecule has 0 aliphatic heterocycles. The van der Waals surface area contributed by atoms with Crippen molar-refractivity contribution >= 4 is 21.0 Å². The molecule has 136 valence electrons. The lowest BCUT2D eigenvalue weighted by molar-refractivity contribution is 0.179. The minimum Gasteiger partial charge on any atom is -0.388 e. The minimum absolute atomic E-state index is 0.0219. The van der Waals surface area contributed by atoms with Gasteiger partial charge in [-0.25, -0.2) is 0 Å². The lowest BCUT2D eigenvalue weighted by Crippen LogP contribution is -2.11. The van der Waals surface area contributed by atoms with E-state index in [2.05, 4.69) is 4.98 Å². The largest absolute Gasteiger partial charge is 0.388 e. The molecule has 3 rings (SSSR count). The smallest absolute Gasteiger partial charge is 0.294 e. The Morgan fingerprint density at radius 3 is 2.50 bits per heavy atom. The highest BCUT2D eigenvalue weighted by Gasteiger charge is 2.20. The van der Waals surface area contributed by atoms with Gasteiger partial charge < -0.3 is 10.1 Å². The highest BCUT2D eigenvalue weighted by atomic mass is 32.2. The number of hydrogen-bond acceptors (Lipinski definition) is 4. The van der Waals surface area contributed by atoms with Gasteiger partial charge in [0.1, 0.15) is 0 Å². The van der Waals surface area contributed by atoms with E-state index in [0.717, 1.165) is 16.5 Å². The summed E-state index contributed by atoms with van der Waals surface area (Å²) in [5.41, 5.74) is 2.79. The molecule has 6 nitrogen and oxygen atoms in total. The molecule has 1 aromatic heterocycles. The van der Waals surface area contributed by atoms with Gasteiger partial charge in [0.15, 0.2) is 0 Å². The van der Waals surface area contributed by atoms with Gasteiger partial charge in [0.25, 0.3) is 10.1 Å². The van der Waals surface area contributed by atoms with Crippen molar-refractivity contribution in [3.8, 4) is 0 Å². The Morgan fingerprint density at radius 2 is 1.81 bits per heavy atom. The molecule has 1 atom stereocenters. The van der Waals surface area contributed by atoms with Crippen LogP contribution in [0.5, 0.6) is 0 Å². The molecule has 0 amide bonds. The summed E-state index contributed by atoms with van der Waals surface area (Å²) < 4.78 is 32.7. The molecular formula is C19H19NO5S. The third-order valence-electron chi connectivity index (χ3n) is 4.41. The third kappa shape index (κ3) is 3.55. The topological polar surface area (TPSA) is 107 Å². The van der Waals surface area contributed by atoms with Gasteiger partial charge in [0.05, 0.1) is 16.5 Å². The van der Waals surface area contributed by atoms with Crippen LogP contribution in [0, 0.1) is 13.8 Å². The summed E-state index contributed by atoms with van der Waals surface area (Å²) in [7, 11) is -4.40. The number of nitrogens with one attached hydrogen (secondary N) is 1. The number of benzene rings is 2. The number of hydrogen-bond donors (Lipinski definition) is 3. The second kappa shape index (κ2) is 6.68. The fourth-order valence-electron chi connectivity index (χ4n) is 3.13. The Balaban J connectivity index is 2.10. The number of aryl methyl sites for hydroxylation is 2. The molecule has 0 saturated heterocycles. The molecule has 0 radical (unpaired) electrons. The van der Waals surface area contributed by atoms with E-state index in [-0.39, 0.29) is 16.9 Å². The van der Waals surface area contributed by atoms with Crippen LogP contribution >= 0.6 is 0 Å². The monoisotopic (exact) mass is 373 g/mol. The number of fused-ring (bicyclic) bond motifs is 1. The van der Waals surface area contributed by atoms with Gasteiger partial charge >= 0.3 is 0 Å². The van der Waals surface area contributed by atoms with E-state index in [1.54, 1.807) is 31.2 Å². The highest BCUT2D eigenvalue weighted by Crippen LogP contribution is 2.29. The molecule has 0 spiro atoms. The number of H-pyrrole nitrogens is 1. The summed E-state index contributed by atoms with van der Waals surface area (Å²) in [6.07, 6.45) is -1.08. The first-order valence-electron chi connectivity index (χ1n) is 8.04. The number of aliphatic hydroxyl groups excluding tert-OH is 1. The predicted octanol–water partition coefficient (Wildman–Crippen LogP) is 2.67. The number of aromatic amines is 1. The van der Waals surface area contributed by atoms with Crippen LogP contribution < -0.4 is 5.56 Å². The van der Waals surface area contributed by atoms with E-state index in [0.29, 0.717) is 16.6 Å². The Hall–Kier alpha value is -2.48. The molecule has 1 heterocycles. The first kappa shape index (κ1) is 18.3. The number of rotatable bonds is 4. The maximum absolute atomic E-state index is 11.7. The summed E-state index contributed by atoms with van der Waals surface area (Å²) in [6, 6.07) is 11.2. The first-order chi connectivity index (χ1) is 12.2. The van der Waals surface area contributed by atoms with E-state index >= 15 is 0 Å². The average Bonchev–Trinajstić information content (AvgIpc) is 2.53. The van der Waals surface area contributed by atoms with Crippen LogP contribution in [0.1, 0.15) is 28.4 Å². The molecule has 3 aromatic rings. The molecule has 1 unspecified atom stereocenters. The fraction of sp³-hybridized carbons (Fsp3) is 0.211. The molecule has 26 heavy (non-hydrogen) atoms. The molecule has 0 fully saturated rings. The van der Waals surface area contributed by atoms with Crippen molar-refractivity contribution in [1.82, 2.24) is 4.98 Å². The van der Waals surface area contributed by atoms with Gasteiger partial charge in [-0.1, -0.05) is 29.8 Å². The molecule has 3 N–H and O–H groups in total. The lowest BCUT2D eigenvalue weighted by Gasteiger charge is -2.16. The van der Waals surface area contributed by atoms with Crippen LogP contribution in [0.4, 0.5) is 0 Å². The molecule has 0 aliphatic carbocycles. The number of pyridine rings is 1. The highest BCUT2D eigenvalue weighted by molar-refractivity contribution is 7.85. The van der Waals surface area contributed by atoms with Gasteiger partial charge in [0.2, 0.25) is 5.56 Å². The van der Waals surface area contributed by atoms with Crippen LogP contribution in [-0.2, 0) is 16.5 Å². The molecule has 2 aromatic carbocycles. The standard InChI is InChI=1S/C19H19NO5S/c1-11-3-7-17(26(23,24)25)13(9-11)10-16(21)15-5-4-12(2)14-6-8-18(22)20-19(14)15/h3-9,16,21H,10H2,1-2H3,(H,20,22)(H,23,24,25). The van der Waals surface area contributed by atoms with Crippen LogP contribution in [-0.4, -0.2) is 23.1 Å². The Kier molecular flexibility index (Phi) is 4.70. The van der Waals surface area contributed by atoms with Crippen molar-refractivity contribution in [2.75, 3.05) is 0 Å². The van der Waals surface area contributed by atoms with Gasteiger partial charge in [-0.2, -0.15) is 8.42 Å². The first-order valence-corrected chi connectivity index (χ1v) is 9.48. The number of aliphatic hydroxyl groups is 1. The summed E-state index contributed by atoms with van der Waals surface area (Å²) in [4.78, 5) is 14.2. The average molecular weight is 373 g/mol. The zero-order valence-corrected chi connectivity index (χ0v) is 15.2. The molecule has 0 aliphatic rings. The Morgan fingerprint density at radius 1 is 1.08 bits per heavy atom. The van der Waals surface area contributed by atoms with E-state index in [1.165, 1.54) is 12.1 Å².